The minimum atomic E-state index is -0.679. The monoisotopic (exact) mass is 279 g/mol. The molecule has 1 aliphatic carbocycles. The van der Waals surface area contributed by atoms with Gasteiger partial charge in [0.15, 0.2) is 0 Å². The highest BCUT2D eigenvalue weighted by atomic mass is 19.1. The minimum Gasteiger partial charge on any atom is -0.508 e. The van der Waals surface area contributed by atoms with Crippen molar-refractivity contribution in [1.82, 2.24) is 4.90 Å². The number of carbonyl (C=O) groups excluding carboxylic acids is 1. The Balaban J connectivity index is 1.79. The third-order valence-corrected chi connectivity index (χ3v) is 4.23. The number of halogens is 1. The van der Waals surface area contributed by atoms with Crippen LogP contribution in [0, 0.1) is 5.82 Å². The summed E-state index contributed by atoms with van der Waals surface area (Å²) >= 11 is 0. The van der Waals surface area contributed by atoms with Crippen LogP contribution >= 0.6 is 0 Å². The molecule has 5 heteroatoms. The number of hydrogen-bond acceptors (Lipinski definition) is 3. The standard InChI is InChI=1S/C15H18FNO3/c16-13-9-11(18)3-4-12(13)14(19)17-7-8-20-15(10-17)5-1-2-6-15/h3-4,9,18H,1-2,5-8,10H2. The van der Waals surface area contributed by atoms with E-state index >= 15 is 0 Å². The van der Waals surface area contributed by atoms with Gasteiger partial charge in [-0.1, -0.05) is 12.8 Å². The summed E-state index contributed by atoms with van der Waals surface area (Å²) in [6.45, 7) is 1.53. The second kappa shape index (κ2) is 5.05. The number of phenols is 1. The van der Waals surface area contributed by atoms with Crippen molar-refractivity contribution in [2.24, 2.45) is 0 Å². The van der Waals surface area contributed by atoms with Gasteiger partial charge in [-0.15, -0.1) is 0 Å². The molecule has 1 amide bonds. The molecule has 1 saturated carbocycles. The van der Waals surface area contributed by atoms with E-state index in [-0.39, 0.29) is 22.8 Å². The lowest BCUT2D eigenvalue weighted by atomic mass is 9.99. The lowest BCUT2D eigenvalue weighted by Crippen LogP contribution is -2.52. The van der Waals surface area contributed by atoms with E-state index in [2.05, 4.69) is 0 Å². The summed E-state index contributed by atoms with van der Waals surface area (Å²) in [7, 11) is 0. The fourth-order valence-electron chi connectivity index (χ4n) is 3.19. The molecule has 1 aromatic rings. The van der Waals surface area contributed by atoms with Crippen molar-refractivity contribution in [1.29, 1.82) is 0 Å². The van der Waals surface area contributed by atoms with Gasteiger partial charge in [-0.3, -0.25) is 4.79 Å². The van der Waals surface area contributed by atoms with E-state index in [1.54, 1.807) is 4.90 Å². The van der Waals surface area contributed by atoms with Crippen molar-refractivity contribution in [3.8, 4) is 5.75 Å². The van der Waals surface area contributed by atoms with Gasteiger partial charge in [-0.25, -0.2) is 4.39 Å². The Bertz CT molecular complexity index is 526. The number of carbonyl (C=O) groups is 1. The molecule has 2 fully saturated rings. The van der Waals surface area contributed by atoms with Crippen molar-refractivity contribution in [3.63, 3.8) is 0 Å². The SMILES string of the molecule is O=C(c1ccc(O)cc1F)N1CCOC2(CCCC2)C1. The topological polar surface area (TPSA) is 49.8 Å². The van der Waals surface area contributed by atoms with Crippen LogP contribution in [-0.2, 0) is 4.74 Å². The van der Waals surface area contributed by atoms with Crippen molar-refractivity contribution in [3.05, 3.63) is 29.6 Å². The number of phenolic OH excluding ortho intramolecular Hbond substituents is 1. The van der Waals surface area contributed by atoms with Gasteiger partial charge in [0.1, 0.15) is 11.6 Å². The Morgan fingerprint density at radius 3 is 2.80 bits per heavy atom. The molecule has 20 heavy (non-hydrogen) atoms. The minimum absolute atomic E-state index is 0.0119. The van der Waals surface area contributed by atoms with Crippen LogP contribution in [0.25, 0.3) is 0 Å². The number of rotatable bonds is 1. The molecule has 0 bridgehead atoms. The average molecular weight is 279 g/mol. The predicted molar refractivity (Wildman–Crippen MR) is 71.1 cm³/mol. The fourth-order valence-corrected chi connectivity index (χ4v) is 3.19. The summed E-state index contributed by atoms with van der Waals surface area (Å²) in [6, 6.07) is 3.64. The lowest BCUT2D eigenvalue weighted by molar-refractivity contribution is -0.0949. The number of ether oxygens (including phenoxy) is 1. The quantitative estimate of drug-likeness (QED) is 0.858. The Labute approximate surface area is 117 Å². The van der Waals surface area contributed by atoms with Gasteiger partial charge in [0, 0.05) is 12.6 Å². The van der Waals surface area contributed by atoms with Crippen LogP contribution in [0.2, 0.25) is 0 Å². The van der Waals surface area contributed by atoms with Crippen LogP contribution in [0.15, 0.2) is 18.2 Å². The van der Waals surface area contributed by atoms with E-state index in [1.165, 1.54) is 12.1 Å². The molecule has 1 aliphatic heterocycles. The van der Waals surface area contributed by atoms with Gasteiger partial charge in [-0.05, 0) is 25.0 Å². The van der Waals surface area contributed by atoms with Gasteiger partial charge >= 0.3 is 0 Å². The van der Waals surface area contributed by atoms with Crippen molar-refractivity contribution >= 4 is 5.91 Å². The van der Waals surface area contributed by atoms with E-state index in [0.717, 1.165) is 31.7 Å². The van der Waals surface area contributed by atoms with Crippen LogP contribution in [0.3, 0.4) is 0 Å². The number of aromatic hydroxyl groups is 1. The van der Waals surface area contributed by atoms with Gasteiger partial charge in [0.05, 0.1) is 24.3 Å². The average Bonchev–Trinajstić information content (AvgIpc) is 2.86. The van der Waals surface area contributed by atoms with Gasteiger partial charge in [0.2, 0.25) is 0 Å². The van der Waals surface area contributed by atoms with Crippen LogP contribution in [0.5, 0.6) is 5.75 Å². The zero-order valence-corrected chi connectivity index (χ0v) is 11.3. The Morgan fingerprint density at radius 1 is 1.35 bits per heavy atom. The molecule has 2 aliphatic rings. The normalized spacial score (nSPS) is 21.4. The summed E-state index contributed by atoms with van der Waals surface area (Å²) in [5.74, 6) is -1.17. The van der Waals surface area contributed by atoms with E-state index < -0.39 is 5.82 Å². The first-order valence-corrected chi connectivity index (χ1v) is 7.01. The molecule has 0 radical (unpaired) electrons. The van der Waals surface area contributed by atoms with E-state index in [1.807, 2.05) is 0 Å². The molecule has 108 valence electrons. The molecular formula is C15H18FNO3. The highest BCUT2D eigenvalue weighted by Gasteiger charge is 2.40. The zero-order chi connectivity index (χ0) is 14.2. The maximum absolute atomic E-state index is 13.8. The first-order chi connectivity index (χ1) is 9.60. The summed E-state index contributed by atoms with van der Waals surface area (Å²) < 4.78 is 19.7. The van der Waals surface area contributed by atoms with Crippen molar-refractivity contribution in [2.45, 2.75) is 31.3 Å². The van der Waals surface area contributed by atoms with E-state index in [9.17, 15) is 14.3 Å². The van der Waals surface area contributed by atoms with Crippen LogP contribution in [0.1, 0.15) is 36.0 Å². The van der Waals surface area contributed by atoms with Crippen LogP contribution < -0.4 is 0 Å². The van der Waals surface area contributed by atoms with Gasteiger partial charge < -0.3 is 14.7 Å². The largest absolute Gasteiger partial charge is 0.508 e. The van der Waals surface area contributed by atoms with E-state index in [0.29, 0.717) is 19.7 Å². The third-order valence-electron chi connectivity index (χ3n) is 4.23. The summed E-state index contributed by atoms with van der Waals surface area (Å²) in [5, 5.41) is 9.21. The number of nitrogens with zero attached hydrogens (tertiary/aromatic N) is 1. The second-order valence-corrected chi connectivity index (χ2v) is 5.63. The molecule has 0 atom stereocenters. The molecule has 1 saturated heterocycles. The molecule has 1 spiro atoms. The Morgan fingerprint density at radius 2 is 2.10 bits per heavy atom. The van der Waals surface area contributed by atoms with Crippen molar-refractivity contribution < 1.29 is 19.0 Å². The van der Waals surface area contributed by atoms with Crippen LogP contribution in [0.4, 0.5) is 4.39 Å². The second-order valence-electron chi connectivity index (χ2n) is 5.63. The maximum atomic E-state index is 13.8. The number of hydrogen-bond donors (Lipinski definition) is 1. The highest BCUT2D eigenvalue weighted by Crippen LogP contribution is 2.36. The zero-order valence-electron chi connectivity index (χ0n) is 11.3. The van der Waals surface area contributed by atoms with Gasteiger partial charge in [0.25, 0.3) is 5.91 Å². The molecule has 4 nitrogen and oxygen atoms in total. The Hall–Kier alpha value is -1.62. The maximum Gasteiger partial charge on any atom is 0.257 e. The first-order valence-electron chi connectivity index (χ1n) is 7.01. The molecule has 1 N–H and O–H groups in total. The molecular weight excluding hydrogens is 261 g/mol. The van der Waals surface area contributed by atoms with Crippen molar-refractivity contribution in [2.75, 3.05) is 19.7 Å². The van der Waals surface area contributed by atoms with Crippen LogP contribution in [-0.4, -0.2) is 41.2 Å². The summed E-state index contributed by atoms with van der Waals surface area (Å²) in [6.07, 6.45) is 4.18. The smallest absolute Gasteiger partial charge is 0.257 e. The molecule has 1 aromatic carbocycles. The number of amides is 1. The number of benzene rings is 1. The molecule has 0 unspecified atom stereocenters. The third kappa shape index (κ3) is 2.38. The van der Waals surface area contributed by atoms with Gasteiger partial charge in [-0.2, -0.15) is 0 Å². The molecule has 1 heterocycles. The predicted octanol–water partition coefficient (Wildman–Crippen LogP) is 2.32. The fraction of sp³-hybridized carbons (Fsp3) is 0.533. The first kappa shape index (κ1) is 13.4. The summed E-state index contributed by atoms with van der Waals surface area (Å²) in [4.78, 5) is 14.1. The highest BCUT2D eigenvalue weighted by molar-refractivity contribution is 5.94. The lowest BCUT2D eigenvalue weighted by Gasteiger charge is -2.40. The molecule has 0 aromatic heterocycles. The number of morpholine rings is 1. The molecule has 3 rings (SSSR count). The Kier molecular flexibility index (Phi) is 3.38. The summed E-state index contributed by atoms with van der Waals surface area (Å²) in [5.41, 5.74) is -0.209. The van der Waals surface area contributed by atoms with E-state index in [4.69, 9.17) is 4.74 Å².